The van der Waals surface area contributed by atoms with Crippen molar-refractivity contribution in [2.24, 2.45) is 0 Å². The van der Waals surface area contributed by atoms with Gasteiger partial charge in [-0.25, -0.2) is 0 Å². The van der Waals surface area contributed by atoms with E-state index in [9.17, 15) is 10.1 Å². The Kier molecular flexibility index (Phi) is 3.44. The van der Waals surface area contributed by atoms with E-state index in [4.69, 9.17) is 11.6 Å². The summed E-state index contributed by atoms with van der Waals surface area (Å²) < 4.78 is 0. The average Bonchev–Trinajstić information content (AvgIpc) is 2.82. The molecule has 4 heteroatoms. The zero-order valence-electron chi connectivity index (χ0n) is 13.9. The van der Waals surface area contributed by atoms with Gasteiger partial charge in [0, 0.05) is 5.41 Å². The molecule has 25 heavy (non-hydrogen) atoms. The van der Waals surface area contributed by atoms with Crippen LogP contribution in [0, 0.1) is 10.1 Å². The molecule has 1 aliphatic rings. The summed E-state index contributed by atoms with van der Waals surface area (Å²) in [6, 6.07) is 19.5. The van der Waals surface area contributed by atoms with Gasteiger partial charge in [0.25, 0.3) is 5.69 Å². The molecule has 0 saturated heterocycles. The number of hydrogen-bond acceptors (Lipinski definition) is 2. The molecular formula is C21H16ClNO2. The maximum atomic E-state index is 11.5. The van der Waals surface area contributed by atoms with Crippen molar-refractivity contribution in [2.45, 2.75) is 19.3 Å². The maximum absolute atomic E-state index is 11.5. The second-order valence-corrected chi connectivity index (χ2v) is 7.23. The fourth-order valence-corrected chi connectivity index (χ4v) is 4.07. The Bertz CT molecular complexity index is 1020. The second kappa shape index (κ2) is 5.43. The van der Waals surface area contributed by atoms with Crippen LogP contribution in [0.3, 0.4) is 0 Å². The van der Waals surface area contributed by atoms with E-state index in [-0.39, 0.29) is 16.1 Å². The van der Waals surface area contributed by atoms with Crippen molar-refractivity contribution >= 4 is 17.3 Å². The Morgan fingerprint density at radius 2 is 1.56 bits per heavy atom. The molecule has 0 heterocycles. The molecule has 0 bridgehead atoms. The number of para-hydroxylation sites is 1. The standard InChI is InChI=1S/C21H16ClNO2/c1-21(2)17-8-4-3-6-15(17)16-12-13(10-11-18(16)21)14-7-5-9-19(22)20(14)23(24)25/h3-12H,1-2H3. The van der Waals surface area contributed by atoms with Crippen LogP contribution < -0.4 is 0 Å². The molecule has 0 amide bonds. The second-order valence-electron chi connectivity index (χ2n) is 6.82. The fourth-order valence-electron chi connectivity index (χ4n) is 3.82. The van der Waals surface area contributed by atoms with Crippen molar-refractivity contribution in [1.82, 2.24) is 0 Å². The van der Waals surface area contributed by atoms with Crippen LogP contribution in [-0.2, 0) is 5.41 Å². The third-order valence-corrected chi connectivity index (χ3v) is 5.37. The first-order chi connectivity index (χ1) is 11.9. The molecule has 0 radical (unpaired) electrons. The van der Waals surface area contributed by atoms with Crippen LogP contribution in [0.1, 0.15) is 25.0 Å². The first-order valence-electron chi connectivity index (χ1n) is 8.09. The molecule has 3 aromatic rings. The molecule has 0 saturated carbocycles. The molecule has 3 nitrogen and oxygen atoms in total. The number of rotatable bonds is 2. The van der Waals surface area contributed by atoms with E-state index in [1.165, 1.54) is 16.7 Å². The minimum absolute atomic E-state index is 0.0466. The van der Waals surface area contributed by atoms with Crippen LogP contribution in [0.15, 0.2) is 60.7 Å². The van der Waals surface area contributed by atoms with Gasteiger partial charge in [0.15, 0.2) is 0 Å². The molecule has 0 unspecified atom stereocenters. The SMILES string of the molecule is CC1(C)c2ccccc2-c2cc(-c3cccc(Cl)c3[N+](=O)[O-])ccc21. The minimum atomic E-state index is -0.414. The van der Waals surface area contributed by atoms with Gasteiger partial charge in [-0.15, -0.1) is 0 Å². The van der Waals surface area contributed by atoms with Crippen molar-refractivity contribution in [1.29, 1.82) is 0 Å². The normalized spacial score (nSPS) is 14.0. The summed E-state index contributed by atoms with van der Waals surface area (Å²) in [7, 11) is 0. The highest BCUT2D eigenvalue weighted by Crippen LogP contribution is 2.50. The quantitative estimate of drug-likeness (QED) is 0.407. The zero-order chi connectivity index (χ0) is 17.8. The van der Waals surface area contributed by atoms with Crippen LogP contribution in [0.25, 0.3) is 22.3 Å². The van der Waals surface area contributed by atoms with Crippen molar-refractivity contribution in [3.8, 4) is 22.3 Å². The predicted molar refractivity (Wildman–Crippen MR) is 101 cm³/mol. The van der Waals surface area contributed by atoms with Crippen LogP contribution in [-0.4, -0.2) is 4.92 Å². The fraction of sp³-hybridized carbons (Fsp3) is 0.143. The summed E-state index contributed by atoms with van der Waals surface area (Å²) in [6.07, 6.45) is 0. The molecule has 4 rings (SSSR count). The Morgan fingerprint density at radius 1 is 0.880 bits per heavy atom. The number of halogens is 1. The summed E-state index contributed by atoms with van der Waals surface area (Å²) in [5.41, 5.74) is 6.06. The predicted octanol–water partition coefficient (Wildman–Crippen LogP) is 6.22. The molecule has 0 aliphatic heterocycles. The molecule has 124 valence electrons. The summed E-state index contributed by atoms with van der Waals surface area (Å²) in [5, 5.41) is 11.6. The number of benzene rings is 3. The van der Waals surface area contributed by atoms with Crippen LogP contribution in [0.5, 0.6) is 0 Å². The Morgan fingerprint density at radius 3 is 2.32 bits per heavy atom. The van der Waals surface area contributed by atoms with E-state index >= 15 is 0 Å². The molecule has 0 aromatic heterocycles. The van der Waals surface area contributed by atoms with Gasteiger partial charge in [0.05, 0.1) is 10.5 Å². The average molecular weight is 350 g/mol. The van der Waals surface area contributed by atoms with Crippen molar-refractivity contribution in [3.05, 3.63) is 86.9 Å². The van der Waals surface area contributed by atoms with Crippen molar-refractivity contribution < 1.29 is 4.92 Å². The maximum Gasteiger partial charge on any atom is 0.295 e. The van der Waals surface area contributed by atoms with Crippen molar-refractivity contribution in [3.63, 3.8) is 0 Å². The zero-order valence-corrected chi connectivity index (χ0v) is 14.7. The smallest absolute Gasteiger partial charge is 0.258 e. The van der Waals surface area contributed by atoms with Crippen LogP contribution >= 0.6 is 11.6 Å². The third kappa shape index (κ3) is 2.27. The summed E-state index contributed by atoms with van der Waals surface area (Å²) in [6.45, 7) is 4.42. The molecule has 3 aromatic carbocycles. The molecule has 0 atom stereocenters. The molecule has 0 fully saturated rings. The summed E-state index contributed by atoms with van der Waals surface area (Å²) >= 11 is 6.08. The highest BCUT2D eigenvalue weighted by Gasteiger charge is 2.35. The van der Waals surface area contributed by atoms with E-state index in [1.54, 1.807) is 18.2 Å². The Labute approximate surface area is 151 Å². The number of nitro benzene ring substituents is 1. The first kappa shape index (κ1) is 15.9. The van der Waals surface area contributed by atoms with Gasteiger partial charge in [-0.05, 0) is 46.0 Å². The van der Waals surface area contributed by atoms with Gasteiger partial charge in [0.2, 0.25) is 0 Å². The monoisotopic (exact) mass is 349 g/mol. The van der Waals surface area contributed by atoms with E-state index in [0.717, 1.165) is 11.1 Å². The number of hydrogen-bond donors (Lipinski definition) is 0. The third-order valence-electron chi connectivity index (χ3n) is 5.06. The lowest BCUT2D eigenvalue weighted by molar-refractivity contribution is -0.384. The molecule has 0 spiro atoms. The highest BCUT2D eigenvalue weighted by atomic mass is 35.5. The first-order valence-corrected chi connectivity index (χ1v) is 8.47. The highest BCUT2D eigenvalue weighted by molar-refractivity contribution is 6.33. The van der Waals surface area contributed by atoms with Gasteiger partial charge in [-0.1, -0.05) is 67.9 Å². The largest absolute Gasteiger partial charge is 0.295 e. The van der Waals surface area contributed by atoms with Gasteiger partial charge in [0.1, 0.15) is 5.02 Å². The molecule has 0 N–H and O–H groups in total. The lowest BCUT2D eigenvalue weighted by Gasteiger charge is -2.21. The number of fused-ring (bicyclic) bond motifs is 3. The van der Waals surface area contributed by atoms with E-state index in [1.807, 2.05) is 18.2 Å². The minimum Gasteiger partial charge on any atom is -0.258 e. The molecule has 1 aliphatic carbocycles. The number of nitrogens with zero attached hydrogens (tertiary/aromatic N) is 1. The van der Waals surface area contributed by atoms with Crippen LogP contribution in [0.4, 0.5) is 5.69 Å². The Hall–Kier alpha value is -2.65. The van der Waals surface area contributed by atoms with Crippen molar-refractivity contribution in [2.75, 3.05) is 0 Å². The number of nitro groups is 1. The van der Waals surface area contributed by atoms with Gasteiger partial charge >= 0.3 is 0 Å². The Balaban J connectivity index is 1.97. The lowest BCUT2D eigenvalue weighted by atomic mass is 9.82. The summed E-state index contributed by atoms with van der Waals surface area (Å²) in [5.74, 6) is 0. The van der Waals surface area contributed by atoms with Gasteiger partial charge in [-0.3, -0.25) is 10.1 Å². The van der Waals surface area contributed by atoms with E-state index in [2.05, 4.69) is 38.1 Å². The lowest BCUT2D eigenvalue weighted by Crippen LogP contribution is -2.14. The van der Waals surface area contributed by atoms with E-state index in [0.29, 0.717) is 5.56 Å². The topological polar surface area (TPSA) is 43.1 Å². The summed E-state index contributed by atoms with van der Waals surface area (Å²) in [4.78, 5) is 11.1. The van der Waals surface area contributed by atoms with Gasteiger partial charge < -0.3 is 0 Å². The van der Waals surface area contributed by atoms with Crippen LogP contribution in [0.2, 0.25) is 5.02 Å². The molecular weight excluding hydrogens is 334 g/mol. The van der Waals surface area contributed by atoms with E-state index < -0.39 is 4.92 Å². The van der Waals surface area contributed by atoms with Gasteiger partial charge in [-0.2, -0.15) is 0 Å².